The van der Waals surface area contributed by atoms with E-state index in [-0.39, 0.29) is 5.91 Å². The minimum absolute atomic E-state index is 0.0573. The zero-order valence-corrected chi connectivity index (χ0v) is 14.7. The standard InChI is InChI=1S/C18H28N4O/c1-12(2)15-18(8-6-5-7-9-18)11-22(15)16(23)14-10-13(3)20-17(19-4)21-14/h10,12,15H,5-9,11H2,1-4H3,(H,19,20,21). The molecule has 5 heteroatoms. The number of carbonyl (C=O) groups is 1. The molecule has 1 aromatic heterocycles. The summed E-state index contributed by atoms with van der Waals surface area (Å²) in [4.78, 5) is 23.7. The summed E-state index contributed by atoms with van der Waals surface area (Å²) < 4.78 is 0. The largest absolute Gasteiger partial charge is 0.357 e. The highest BCUT2D eigenvalue weighted by Gasteiger charge is 2.55. The highest BCUT2D eigenvalue weighted by Crippen LogP contribution is 2.51. The van der Waals surface area contributed by atoms with Gasteiger partial charge in [-0.15, -0.1) is 0 Å². The first-order chi connectivity index (χ1) is 11.0. The smallest absolute Gasteiger partial charge is 0.272 e. The predicted molar refractivity (Wildman–Crippen MR) is 91.5 cm³/mol. The van der Waals surface area contributed by atoms with Crippen molar-refractivity contribution < 1.29 is 4.79 Å². The van der Waals surface area contributed by atoms with Gasteiger partial charge in [0, 0.05) is 30.7 Å². The average molecular weight is 316 g/mol. The van der Waals surface area contributed by atoms with Gasteiger partial charge in [0.25, 0.3) is 5.91 Å². The minimum Gasteiger partial charge on any atom is -0.357 e. The van der Waals surface area contributed by atoms with Gasteiger partial charge in [-0.25, -0.2) is 9.97 Å². The van der Waals surface area contributed by atoms with E-state index in [0.29, 0.717) is 29.0 Å². The van der Waals surface area contributed by atoms with Crippen molar-refractivity contribution in [2.45, 2.75) is 58.9 Å². The van der Waals surface area contributed by atoms with Gasteiger partial charge in [0.05, 0.1) is 0 Å². The van der Waals surface area contributed by atoms with E-state index in [9.17, 15) is 4.79 Å². The third kappa shape index (κ3) is 2.81. The molecule has 3 rings (SSSR count). The van der Waals surface area contributed by atoms with Gasteiger partial charge in [-0.2, -0.15) is 0 Å². The van der Waals surface area contributed by atoms with Crippen molar-refractivity contribution in [3.63, 3.8) is 0 Å². The lowest BCUT2D eigenvalue weighted by Crippen LogP contribution is -2.68. The van der Waals surface area contributed by atoms with Crippen LogP contribution in [0.1, 0.15) is 62.1 Å². The summed E-state index contributed by atoms with van der Waals surface area (Å²) in [7, 11) is 1.78. The van der Waals surface area contributed by atoms with E-state index in [2.05, 4.69) is 34.0 Å². The summed E-state index contributed by atoms with van der Waals surface area (Å²) in [6.07, 6.45) is 6.50. The van der Waals surface area contributed by atoms with Gasteiger partial charge in [0.1, 0.15) is 5.69 Å². The molecule has 1 saturated heterocycles. The number of hydrogen-bond donors (Lipinski definition) is 1. The van der Waals surface area contributed by atoms with E-state index in [1.165, 1.54) is 32.1 Å². The summed E-state index contributed by atoms with van der Waals surface area (Å²) in [5, 5.41) is 2.94. The molecular weight excluding hydrogens is 288 g/mol. The lowest BCUT2D eigenvalue weighted by atomic mass is 9.59. The van der Waals surface area contributed by atoms with Crippen molar-refractivity contribution in [2.24, 2.45) is 11.3 Å². The molecule has 23 heavy (non-hydrogen) atoms. The van der Waals surface area contributed by atoms with Gasteiger partial charge in [0.15, 0.2) is 0 Å². The lowest BCUT2D eigenvalue weighted by molar-refractivity contribution is -0.0944. The molecule has 1 aromatic rings. The second-order valence-electron chi connectivity index (χ2n) is 7.51. The van der Waals surface area contributed by atoms with Crippen LogP contribution in [0.25, 0.3) is 0 Å². The summed E-state index contributed by atoms with van der Waals surface area (Å²) in [6, 6.07) is 2.15. The number of likely N-dealkylation sites (tertiary alicyclic amines) is 1. The fourth-order valence-corrected chi connectivity index (χ4v) is 4.66. The van der Waals surface area contributed by atoms with Crippen LogP contribution in [0, 0.1) is 18.3 Å². The summed E-state index contributed by atoms with van der Waals surface area (Å²) in [5.74, 6) is 1.06. The summed E-state index contributed by atoms with van der Waals surface area (Å²) >= 11 is 0. The van der Waals surface area contributed by atoms with E-state index >= 15 is 0 Å². The molecule has 1 aliphatic carbocycles. The van der Waals surface area contributed by atoms with Crippen LogP contribution in [0.3, 0.4) is 0 Å². The van der Waals surface area contributed by atoms with Gasteiger partial charge >= 0.3 is 0 Å². The molecule has 2 fully saturated rings. The molecule has 126 valence electrons. The average Bonchev–Trinajstić information content (AvgIpc) is 2.51. The van der Waals surface area contributed by atoms with E-state index in [4.69, 9.17) is 0 Å². The number of nitrogens with zero attached hydrogens (tertiary/aromatic N) is 3. The maximum absolute atomic E-state index is 13.0. The zero-order chi connectivity index (χ0) is 16.6. The molecule has 1 aliphatic heterocycles. The Labute approximate surface area is 138 Å². The molecule has 1 unspecified atom stereocenters. The van der Waals surface area contributed by atoms with E-state index in [1.54, 1.807) is 13.1 Å². The molecule has 0 aromatic carbocycles. The number of amides is 1. The Hall–Kier alpha value is -1.65. The summed E-state index contributed by atoms with van der Waals surface area (Å²) in [6.45, 7) is 7.28. The Morgan fingerprint density at radius 2 is 2.00 bits per heavy atom. The first-order valence-electron chi connectivity index (χ1n) is 8.81. The number of aryl methyl sites for hydroxylation is 1. The molecule has 5 nitrogen and oxygen atoms in total. The van der Waals surface area contributed by atoms with E-state index in [1.807, 2.05) is 6.92 Å². The third-order valence-corrected chi connectivity index (χ3v) is 5.49. The molecule has 1 saturated carbocycles. The van der Waals surface area contributed by atoms with Crippen LogP contribution in [0.4, 0.5) is 5.95 Å². The first-order valence-corrected chi connectivity index (χ1v) is 8.81. The minimum atomic E-state index is 0.0573. The summed E-state index contributed by atoms with van der Waals surface area (Å²) in [5.41, 5.74) is 1.69. The van der Waals surface area contributed by atoms with Crippen molar-refractivity contribution in [1.29, 1.82) is 0 Å². The van der Waals surface area contributed by atoms with Crippen LogP contribution in [-0.4, -0.2) is 40.4 Å². The fraction of sp³-hybridized carbons (Fsp3) is 0.722. The molecule has 1 spiro atoms. The van der Waals surface area contributed by atoms with E-state index in [0.717, 1.165) is 12.2 Å². The number of anilines is 1. The van der Waals surface area contributed by atoms with Gasteiger partial charge in [-0.3, -0.25) is 4.79 Å². The Balaban J connectivity index is 1.84. The number of hydrogen-bond acceptors (Lipinski definition) is 4. The van der Waals surface area contributed by atoms with Crippen molar-refractivity contribution in [1.82, 2.24) is 14.9 Å². The monoisotopic (exact) mass is 316 g/mol. The molecule has 1 N–H and O–H groups in total. The van der Waals surface area contributed by atoms with Crippen LogP contribution < -0.4 is 5.32 Å². The van der Waals surface area contributed by atoms with Gasteiger partial charge in [-0.1, -0.05) is 33.1 Å². The van der Waals surface area contributed by atoms with Crippen molar-refractivity contribution in [3.05, 3.63) is 17.5 Å². The van der Waals surface area contributed by atoms with Crippen LogP contribution >= 0.6 is 0 Å². The maximum atomic E-state index is 13.0. The third-order valence-electron chi connectivity index (χ3n) is 5.49. The van der Waals surface area contributed by atoms with Crippen molar-refractivity contribution in [2.75, 3.05) is 18.9 Å². The quantitative estimate of drug-likeness (QED) is 0.930. The molecule has 0 bridgehead atoms. The second-order valence-corrected chi connectivity index (χ2v) is 7.51. The Morgan fingerprint density at radius 3 is 2.61 bits per heavy atom. The molecule has 1 atom stereocenters. The Kier molecular flexibility index (Phi) is 4.30. The molecule has 0 radical (unpaired) electrons. The van der Waals surface area contributed by atoms with Crippen LogP contribution in [0.15, 0.2) is 6.07 Å². The highest BCUT2D eigenvalue weighted by molar-refractivity contribution is 5.93. The molecule has 2 heterocycles. The number of nitrogens with one attached hydrogen (secondary N) is 1. The van der Waals surface area contributed by atoms with E-state index < -0.39 is 0 Å². The van der Waals surface area contributed by atoms with Gasteiger partial charge in [-0.05, 0) is 31.7 Å². The normalized spacial score (nSPS) is 23.0. The molecule has 2 aliphatic rings. The van der Waals surface area contributed by atoms with Crippen LogP contribution in [0.2, 0.25) is 0 Å². The molecular formula is C18H28N4O. The maximum Gasteiger partial charge on any atom is 0.272 e. The number of aromatic nitrogens is 2. The first kappa shape index (κ1) is 16.2. The Morgan fingerprint density at radius 1 is 1.30 bits per heavy atom. The lowest BCUT2D eigenvalue weighted by Gasteiger charge is -2.61. The van der Waals surface area contributed by atoms with Crippen molar-refractivity contribution in [3.8, 4) is 0 Å². The topological polar surface area (TPSA) is 58.1 Å². The second kappa shape index (κ2) is 6.10. The SMILES string of the molecule is CNc1nc(C)cc(C(=O)N2CC3(CCCCC3)C2C(C)C)n1. The highest BCUT2D eigenvalue weighted by atomic mass is 16.2. The van der Waals surface area contributed by atoms with Gasteiger partial charge < -0.3 is 10.2 Å². The van der Waals surface area contributed by atoms with Crippen molar-refractivity contribution >= 4 is 11.9 Å². The van der Waals surface area contributed by atoms with Gasteiger partial charge in [0.2, 0.25) is 5.95 Å². The number of rotatable bonds is 3. The zero-order valence-electron chi connectivity index (χ0n) is 14.7. The Bertz CT molecular complexity index is 593. The fourth-order valence-electron chi connectivity index (χ4n) is 4.66. The van der Waals surface area contributed by atoms with Crippen LogP contribution in [0.5, 0.6) is 0 Å². The predicted octanol–water partition coefficient (Wildman–Crippen LogP) is 3.26. The molecule has 1 amide bonds. The van der Waals surface area contributed by atoms with Crippen LogP contribution in [-0.2, 0) is 0 Å². The number of carbonyl (C=O) groups excluding carboxylic acids is 1.